The molecule has 0 aromatic heterocycles. The third kappa shape index (κ3) is 3.29. The van der Waals surface area contributed by atoms with Gasteiger partial charge in [-0.3, -0.25) is 0 Å². The highest BCUT2D eigenvalue weighted by atomic mass is 31.1. The molecule has 1 atom stereocenters. The fourth-order valence-corrected chi connectivity index (χ4v) is 1.82. The Kier molecular flexibility index (Phi) is 3.83. The van der Waals surface area contributed by atoms with E-state index in [0.717, 1.165) is 12.1 Å². The molecule has 15 heavy (non-hydrogen) atoms. The van der Waals surface area contributed by atoms with Gasteiger partial charge in [0.05, 0.1) is 5.56 Å². The Morgan fingerprint density at radius 3 is 2.60 bits per heavy atom. The van der Waals surface area contributed by atoms with Crippen LogP contribution in [-0.4, -0.2) is 6.61 Å². The van der Waals surface area contributed by atoms with Crippen LogP contribution in [0.2, 0.25) is 0 Å². The van der Waals surface area contributed by atoms with Crippen molar-refractivity contribution in [1.82, 2.24) is 0 Å². The molecule has 1 aromatic carbocycles. The second kappa shape index (κ2) is 4.73. The van der Waals surface area contributed by atoms with Crippen LogP contribution in [0.5, 0.6) is 0 Å². The summed E-state index contributed by atoms with van der Waals surface area (Å²) in [7, 11) is -2.19. The molecular formula is C9H9F3O2P+. The summed E-state index contributed by atoms with van der Waals surface area (Å²) in [5, 5.41) is 0.0571. The maximum absolute atomic E-state index is 12.3. The van der Waals surface area contributed by atoms with E-state index in [1.54, 1.807) is 6.92 Å². The summed E-state index contributed by atoms with van der Waals surface area (Å²) >= 11 is 0. The van der Waals surface area contributed by atoms with Crippen LogP contribution in [0, 0.1) is 0 Å². The van der Waals surface area contributed by atoms with Gasteiger partial charge in [-0.25, -0.2) is 0 Å². The lowest BCUT2D eigenvalue weighted by molar-refractivity contribution is -0.137. The van der Waals surface area contributed by atoms with E-state index >= 15 is 0 Å². The average molecular weight is 237 g/mol. The number of hydrogen-bond donors (Lipinski definition) is 0. The van der Waals surface area contributed by atoms with Crippen molar-refractivity contribution in [2.45, 2.75) is 13.1 Å². The zero-order valence-electron chi connectivity index (χ0n) is 7.91. The van der Waals surface area contributed by atoms with Crippen LogP contribution in [-0.2, 0) is 15.3 Å². The van der Waals surface area contributed by atoms with Crippen molar-refractivity contribution in [3.8, 4) is 0 Å². The molecule has 0 aliphatic rings. The molecular weight excluding hydrogens is 228 g/mol. The molecule has 1 unspecified atom stereocenters. The van der Waals surface area contributed by atoms with E-state index in [2.05, 4.69) is 0 Å². The summed E-state index contributed by atoms with van der Waals surface area (Å²) in [6.07, 6.45) is -4.42. The van der Waals surface area contributed by atoms with E-state index in [4.69, 9.17) is 4.52 Å². The summed E-state index contributed by atoms with van der Waals surface area (Å²) in [4.78, 5) is 0. The highest BCUT2D eigenvalue weighted by Gasteiger charge is 2.33. The molecule has 1 rings (SSSR count). The molecule has 0 fully saturated rings. The zero-order valence-corrected chi connectivity index (χ0v) is 8.81. The zero-order chi connectivity index (χ0) is 11.5. The van der Waals surface area contributed by atoms with Gasteiger partial charge in [-0.2, -0.15) is 13.2 Å². The first kappa shape index (κ1) is 12.1. The molecule has 0 radical (unpaired) electrons. The molecule has 0 aliphatic heterocycles. The van der Waals surface area contributed by atoms with Crippen molar-refractivity contribution in [2.75, 3.05) is 6.61 Å². The lowest BCUT2D eigenvalue weighted by Crippen LogP contribution is -2.09. The van der Waals surface area contributed by atoms with Crippen LogP contribution in [0.15, 0.2) is 24.3 Å². The molecule has 0 saturated heterocycles. The van der Waals surface area contributed by atoms with Gasteiger partial charge in [0.25, 0.3) is 0 Å². The molecule has 0 bridgehead atoms. The SMILES string of the molecule is CCO[P+](=O)c1cccc(C(F)(F)F)c1. The molecule has 0 saturated carbocycles. The van der Waals surface area contributed by atoms with Crippen LogP contribution in [0.25, 0.3) is 0 Å². The van der Waals surface area contributed by atoms with Gasteiger partial charge in [-0.1, -0.05) is 6.07 Å². The first-order valence-corrected chi connectivity index (χ1v) is 5.40. The Morgan fingerprint density at radius 1 is 1.40 bits per heavy atom. The van der Waals surface area contributed by atoms with Crippen LogP contribution in [0.1, 0.15) is 12.5 Å². The molecule has 82 valence electrons. The van der Waals surface area contributed by atoms with Gasteiger partial charge in [0.1, 0.15) is 6.61 Å². The summed E-state index contributed by atoms with van der Waals surface area (Å²) in [5.74, 6) is 0. The Labute approximate surface area is 85.9 Å². The van der Waals surface area contributed by atoms with E-state index in [1.807, 2.05) is 0 Å². The largest absolute Gasteiger partial charge is 0.548 e. The maximum atomic E-state index is 12.3. The average Bonchev–Trinajstić information content (AvgIpc) is 2.17. The predicted octanol–water partition coefficient (Wildman–Crippen LogP) is 3.11. The van der Waals surface area contributed by atoms with E-state index < -0.39 is 19.8 Å². The minimum atomic E-state index is -4.42. The summed E-state index contributed by atoms with van der Waals surface area (Å²) in [5.41, 5.74) is -0.817. The van der Waals surface area contributed by atoms with Gasteiger partial charge in [-0.15, -0.1) is 4.52 Å². The molecule has 0 aliphatic carbocycles. The lowest BCUT2D eigenvalue weighted by Gasteiger charge is -2.04. The van der Waals surface area contributed by atoms with Crippen LogP contribution in [0.3, 0.4) is 0 Å². The first-order chi connectivity index (χ1) is 6.95. The second-order valence-corrected chi connectivity index (χ2v) is 4.01. The van der Waals surface area contributed by atoms with Gasteiger partial charge >= 0.3 is 14.2 Å². The molecule has 0 heterocycles. The third-order valence-electron chi connectivity index (χ3n) is 1.63. The van der Waals surface area contributed by atoms with E-state index in [9.17, 15) is 17.7 Å². The number of rotatable bonds is 3. The van der Waals surface area contributed by atoms with E-state index in [0.29, 0.717) is 0 Å². The third-order valence-corrected chi connectivity index (χ3v) is 2.82. The fourth-order valence-electron chi connectivity index (χ4n) is 0.988. The number of alkyl halides is 3. The highest BCUT2D eigenvalue weighted by molar-refractivity contribution is 7.48. The maximum Gasteiger partial charge on any atom is 0.548 e. The van der Waals surface area contributed by atoms with Crippen molar-refractivity contribution < 1.29 is 22.3 Å². The molecule has 0 N–H and O–H groups in total. The number of hydrogen-bond acceptors (Lipinski definition) is 2. The first-order valence-electron chi connectivity index (χ1n) is 4.22. The lowest BCUT2D eigenvalue weighted by atomic mass is 10.2. The minimum Gasteiger partial charge on any atom is -0.166 e. The topological polar surface area (TPSA) is 26.3 Å². The highest BCUT2D eigenvalue weighted by Crippen LogP contribution is 2.30. The molecule has 2 nitrogen and oxygen atoms in total. The van der Waals surface area contributed by atoms with Crippen molar-refractivity contribution in [3.05, 3.63) is 29.8 Å². The molecule has 0 amide bonds. The van der Waals surface area contributed by atoms with Crippen molar-refractivity contribution >= 4 is 13.3 Å². The second-order valence-electron chi connectivity index (χ2n) is 2.72. The van der Waals surface area contributed by atoms with Gasteiger partial charge in [0, 0.05) is 6.07 Å². The summed E-state index contributed by atoms with van der Waals surface area (Å²) in [6, 6.07) is 4.33. The smallest absolute Gasteiger partial charge is 0.166 e. The Hall–Kier alpha value is -0.930. The summed E-state index contributed by atoms with van der Waals surface area (Å²) < 4.78 is 52.9. The van der Waals surface area contributed by atoms with Crippen LogP contribution < -0.4 is 5.30 Å². The predicted molar refractivity (Wildman–Crippen MR) is 50.3 cm³/mol. The van der Waals surface area contributed by atoms with Crippen molar-refractivity contribution in [3.63, 3.8) is 0 Å². The van der Waals surface area contributed by atoms with Gasteiger partial charge in [0.2, 0.25) is 5.30 Å². The molecule has 1 aromatic rings. The van der Waals surface area contributed by atoms with Crippen molar-refractivity contribution in [2.24, 2.45) is 0 Å². The number of halogens is 3. The number of benzene rings is 1. The van der Waals surface area contributed by atoms with E-state index in [1.165, 1.54) is 12.1 Å². The summed E-state index contributed by atoms with van der Waals surface area (Å²) in [6.45, 7) is 1.83. The van der Waals surface area contributed by atoms with E-state index in [-0.39, 0.29) is 11.9 Å². The Balaban J connectivity index is 2.98. The minimum absolute atomic E-state index is 0.0571. The standard InChI is InChI=1S/C9H9F3O2P/c1-2-14-15(13)8-5-3-4-7(6-8)9(10,11)12/h3-6H,2H2,1H3/q+1. The molecule has 6 heteroatoms. The monoisotopic (exact) mass is 237 g/mol. The van der Waals surface area contributed by atoms with Crippen molar-refractivity contribution in [1.29, 1.82) is 0 Å². The normalized spacial score (nSPS) is 12.7. The van der Waals surface area contributed by atoms with Crippen LogP contribution >= 0.6 is 8.03 Å². The van der Waals surface area contributed by atoms with Crippen LogP contribution in [0.4, 0.5) is 13.2 Å². The van der Waals surface area contributed by atoms with Gasteiger partial charge < -0.3 is 0 Å². The fraction of sp³-hybridized carbons (Fsp3) is 0.333. The Bertz CT molecular complexity index is 363. The quantitative estimate of drug-likeness (QED) is 0.755. The molecule has 0 spiro atoms. The van der Waals surface area contributed by atoms with Gasteiger partial charge in [-0.05, 0) is 23.6 Å². The van der Waals surface area contributed by atoms with Gasteiger partial charge in [0.15, 0.2) is 0 Å². The Morgan fingerprint density at radius 2 is 2.07 bits per heavy atom.